The second-order valence-electron chi connectivity index (χ2n) is 6.61. The number of aromatic amines is 1. The minimum Gasteiger partial charge on any atom is -0.508 e. The first-order valence-electron chi connectivity index (χ1n) is 8.83. The van der Waals surface area contributed by atoms with Crippen LogP contribution in [0.5, 0.6) is 5.75 Å². The van der Waals surface area contributed by atoms with E-state index in [1.54, 1.807) is 42.6 Å². The number of aromatic hydroxyl groups is 1. The van der Waals surface area contributed by atoms with Crippen LogP contribution in [-0.4, -0.2) is 40.3 Å². The third kappa shape index (κ3) is 4.86. The number of hydrazone groups is 1. The first-order chi connectivity index (χ1) is 14.0. The molecule has 146 valence electrons. The van der Waals surface area contributed by atoms with Gasteiger partial charge in [0.05, 0.1) is 11.9 Å². The van der Waals surface area contributed by atoms with E-state index in [9.17, 15) is 15.2 Å². The largest absolute Gasteiger partial charge is 0.508 e. The molecule has 0 fully saturated rings. The molecule has 0 amide bonds. The fourth-order valence-electron chi connectivity index (χ4n) is 2.76. The molecular formula is C21H20N6O2. The molecule has 1 heterocycles. The maximum Gasteiger partial charge on any atom is 0.270 e. The quantitative estimate of drug-likeness (QED) is 0.441. The van der Waals surface area contributed by atoms with Gasteiger partial charge in [0.25, 0.3) is 5.56 Å². The average molecular weight is 388 g/mol. The summed E-state index contributed by atoms with van der Waals surface area (Å²) in [5, 5.41) is 23.4. The van der Waals surface area contributed by atoms with E-state index in [0.29, 0.717) is 12.1 Å². The molecular weight excluding hydrogens is 368 g/mol. The highest BCUT2D eigenvalue weighted by Crippen LogP contribution is 2.20. The van der Waals surface area contributed by atoms with Crippen LogP contribution in [0, 0.1) is 11.3 Å². The Balaban J connectivity index is 1.85. The Morgan fingerprint density at radius 3 is 2.72 bits per heavy atom. The number of aromatic nitrogens is 2. The summed E-state index contributed by atoms with van der Waals surface area (Å²) in [5.41, 5.74) is 4.58. The first-order valence-corrected chi connectivity index (χ1v) is 8.83. The van der Waals surface area contributed by atoms with Crippen LogP contribution >= 0.6 is 0 Å². The monoisotopic (exact) mass is 388 g/mol. The van der Waals surface area contributed by atoms with E-state index in [4.69, 9.17) is 0 Å². The first kappa shape index (κ1) is 19.8. The van der Waals surface area contributed by atoms with E-state index in [1.807, 2.05) is 37.2 Å². The minimum absolute atomic E-state index is 0.0578. The van der Waals surface area contributed by atoms with Crippen LogP contribution in [-0.2, 0) is 6.54 Å². The predicted octanol–water partition coefficient (Wildman–Crippen LogP) is 2.52. The van der Waals surface area contributed by atoms with Gasteiger partial charge < -0.3 is 10.0 Å². The van der Waals surface area contributed by atoms with Crippen molar-refractivity contribution in [3.05, 3.63) is 75.6 Å². The Morgan fingerprint density at radius 2 is 2.03 bits per heavy atom. The van der Waals surface area contributed by atoms with Gasteiger partial charge in [-0.15, -0.1) is 0 Å². The molecule has 8 heteroatoms. The van der Waals surface area contributed by atoms with Crippen LogP contribution in [0.3, 0.4) is 0 Å². The molecule has 0 aliphatic rings. The van der Waals surface area contributed by atoms with Gasteiger partial charge in [-0.25, -0.2) is 10.4 Å². The second kappa shape index (κ2) is 8.82. The van der Waals surface area contributed by atoms with Crippen molar-refractivity contribution < 1.29 is 5.11 Å². The van der Waals surface area contributed by atoms with Crippen molar-refractivity contribution in [2.24, 2.45) is 5.10 Å². The second-order valence-corrected chi connectivity index (χ2v) is 6.61. The smallest absolute Gasteiger partial charge is 0.270 e. The zero-order valence-electron chi connectivity index (χ0n) is 16.0. The van der Waals surface area contributed by atoms with Gasteiger partial charge in [-0.3, -0.25) is 9.78 Å². The molecule has 8 nitrogen and oxygen atoms in total. The van der Waals surface area contributed by atoms with Crippen LogP contribution in [0.1, 0.15) is 16.7 Å². The van der Waals surface area contributed by atoms with Crippen molar-refractivity contribution in [1.82, 2.24) is 14.9 Å². The van der Waals surface area contributed by atoms with Crippen molar-refractivity contribution in [1.29, 1.82) is 5.26 Å². The van der Waals surface area contributed by atoms with Crippen LogP contribution in [0.4, 0.5) is 5.95 Å². The fraction of sp³-hybridized carbons (Fsp3) is 0.143. The Kier molecular flexibility index (Phi) is 6.02. The number of nitrogens with zero attached hydrogens (tertiary/aromatic N) is 4. The third-order valence-electron chi connectivity index (χ3n) is 4.05. The van der Waals surface area contributed by atoms with Gasteiger partial charge in [-0.05, 0) is 37.9 Å². The molecule has 1 aromatic heterocycles. The van der Waals surface area contributed by atoms with Gasteiger partial charge >= 0.3 is 0 Å². The number of phenols is 1. The number of phenolic OH excluding ortho intramolecular Hbond substituents is 1. The highest BCUT2D eigenvalue weighted by molar-refractivity contribution is 5.80. The van der Waals surface area contributed by atoms with E-state index in [1.165, 1.54) is 0 Å². The Labute approximate surface area is 167 Å². The van der Waals surface area contributed by atoms with E-state index in [-0.39, 0.29) is 23.0 Å². The summed E-state index contributed by atoms with van der Waals surface area (Å²) in [4.78, 5) is 21.0. The lowest BCUT2D eigenvalue weighted by Crippen LogP contribution is -2.16. The number of nitrogens with one attached hydrogen (secondary N) is 2. The summed E-state index contributed by atoms with van der Waals surface area (Å²) in [5.74, 6) is 0.339. The third-order valence-corrected chi connectivity index (χ3v) is 4.05. The van der Waals surface area contributed by atoms with Crippen LogP contribution in [0.15, 0.2) is 58.4 Å². The summed E-state index contributed by atoms with van der Waals surface area (Å²) < 4.78 is 0. The zero-order chi connectivity index (χ0) is 20.8. The van der Waals surface area contributed by atoms with Gasteiger partial charge in [0.15, 0.2) is 0 Å². The zero-order valence-corrected chi connectivity index (χ0v) is 16.0. The molecule has 0 radical (unpaired) electrons. The molecule has 0 bridgehead atoms. The van der Waals surface area contributed by atoms with Gasteiger partial charge in [0.1, 0.15) is 17.4 Å². The van der Waals surface area contributed by atoms with E-state index >= 15 is 0 Å². The van der Waals surface area contributed by atoms with Crippen molar-refractivity contribution in [2.45, 2.75) is 6.54 Å². The van der Waals surface area contributed by atoms with Crippen molar-refractivity contribution in [2.75, 3.05) is 19.5 Å². The Hall–Kier alpha value is -3.96. The summed E-state index contributed by atoms with van der Waals surface area (Å²) in [6, 6.07) is 16.1. The molecule has 0 saturated carbocycles. The van der Waals surface area contributed by atoms with Gasteiger partial charge in [0.2, 0.25) is 5.95 Å². The van der Waals surface area contributed by atoms with Crippen molar-refractivity contribution >= 4 is 12.2 Å². The van der Waals surface area contributed by atoms with Crippen LogP contribution < -0.4 is 11.0 Å². The Bertz CT molecular complexity index is 1130. The van der Waals surface area contributed by atoms with Crippen molar-refractivity contribution in [3.63, 3.8) is 0 Å². The summed E-state index contributed by atoms with van der Waals surface area (Å²) in [6.07, 6.45) is 1.55. The molecule has 3 N–H and O–H groups in total. The molecule has 0 saturated heterocycles. The molecule has 3 rings (SSSR count). The van der Waals surface area contributed by atoms with Crippen molar-refractivity contribution in [3.8, 4) is 23.1 Å². The lowest BCUT2D eigenvalue weighted by atomic mass is 10.1. The highest BCUT2D eigenvalue weighted by atomic mass is 16.3. The normalized spacial score (nSPS) is 11.0. The maximum atomic E-state index is 12.2. The topological polar surface area (TPSA) is 117 Å². The number of anilines is 1. The lowest BCUT2D eigenvalue weighted by molar-refractivity contribution is 0.386. The van der Waals surface area contributed by atoms with Gasteiger partial charge in [-0.1, -0.05) is 30.3 Å². The number of rotatable bonds is 6. The Morgan fingerprint density at radius 1 is 1.28 bits per heavy atom. The van der Waals surface area contributed by atoms with Gasteiger partial charge in [-0.2, -0.15) is 10.4 Å². The van der Waals surface area contributed by atoms with E-state index in [0.717, 1.165) is 11.1 Å². The highest BCUT2D eigenvalue weighted by Gasteiger charge is 2.12. The lowest BCUT2D eigenvalue weighted by Gasteiger charge is -2.11. The summed E-state index contributed by atoms with van der Waals surface area (Å²) in [6.45, 7) is 0.589. The van der Waals surface area contributed by atoms with Crippen LogP contribution in [0.2, 0.25) is 0 Å². The number of H-pyrrole nitrogens is 1. The van der Waals surface area contributed by atoms with E-state index in [2.05, 4.69) is 20.5 Å². The standard InChI is InChI=1S/C21H20N6O2/c1-27(2)13-16-10-14(8-9-18(16)28)12-23-26-21-24-19(15-6-4-3-5-7-15)17(11-22)20(29)25-21/h3-10,12,28H,13H2,1-2H3,(H2,24,25,26,29). The summed E-state index contributed by atoms with van der Waals surface area (Å²) in [7, 11) is 3.83. The summed E-state index contributed by atoms with van der Waals surface area (Å²) >= 11 is 0. The molecule has 0 spiro atoms. The average Bonchev–Trinajstić information content (AvgIpc) is 2.70. The number of hydrogen-bond donors (Lipinski definition) is 3. The molecule has 2 aromatic carbocycles. The number of benzene rings is 2. The van der Waals surface area contributed by atoms with E-state index < -0.39 is 5.56 Å². The predicted molar refractivity (Wildman–Crippen MR) is 112 cm³/mol. The molecule has 29 heavy (non-hydrogen) atoms. The van der Waals surface area contributed by atoms with Gasteiger partial charge in [0, 0.05) is 17.7 Å². The maximum absolute atomic E-state index is 12.2. The molecule has 0 unspecified atom stereocenters. The number of hydrogen-bond acceptors (Lipinski definition) is 7. The molecule has 0 atom stereocenters. The van der Waals surface area contributed by atoms with Crippen LogP contribution in [0.25, 0.3) is 11.3 Å². The molecule has 0 aliphatic heterocycles. The fourth-order valence-corrected chi connectivity index (χ4v) is 2.76. The number of nitriles is 1. The SMILES string of the molecule is CN(C)Cc1cc(C=NNc2nc(-c3ccccc3)c(C#N)c(=O)[nH]2)ccc1O. The minimum atomic E-state index is -0.544. The molecule has 0 aliphatic carbocycles. The molecule has 3 aromatic rings.